The summed E-state index contributed by atoms with van der Waals surface area (Å²) in [4.78, 5) is 41.3. The van der Waals surface area contributed by atoms with Crippen LogP contribution in [-0.4, -0.2) is 72.4 Å². The highest BCUT2D eigenvalue weighted by Gasteiger charge is 2.21. The minimum atomic E-state index is -1.17. The summed E-state index contributed by atoms with van der Waals surface area (Å²) in [5, 5.41) is 33.6. The molecule has 2 unspecified atom stereocenters. The van der Waals surface area contributed by atoms with Gasteiger partial charge in [0.25, 0.3) is 0 Å². The summed E-state index contributed by atoms with van der Waals surface area (Å²) in [6.07, 6.45) is 2.68. The van der Waals surface area contributed by atoms with Crippen LogP contribution in [0.4, 0.5) is 11.9 Å². The number of aryl methyl sites for hydroxylation is 1. The summed E-state index contributed by atoms with van der Waals surface area (Å²) in [6.45, 7) is 2.53. The monoisotopic (exact) mass is 440 g/mol. The quantitative estimate of drug-likeness (QED) is 0.137. The van der Waals surface area contributed by atoms with Gasteiger partial charge in [0.2, 0.25) is 23.7 Å². The molecule has 0 fully saturated rings. The summed E-state index contributed by atoms with van der Waals surface area (Å²) < 4.78 is 0. The molecule has 2 heterocycles. The van der Waals surface area contributed by atoms with Gasteiger partial charge in [0.1, 0.15) is 12.1 Å². The van der Waals surface area contributed by atoms with Gasteiger partial charge in [-0.15, -0.1) is 5.48 Å². The maximum atomic E-state index is 12.0. The Morgan fingerprint density at radius 2 is 1.84 bits per heavy atom. The summed E-state index contributed by atoms with van der Waals surface area (Å²) in [7, 11) is 0. The van der Waals surface area contributed by atoms with Crippen LogP contribution < -0.4 is 21.8 Å². The normalized spacial score (nSPS) is 12.8. The van der Waals surface area contributed by atoms with E-state index in [1.54, 1.807) is 6.92 Å². The molecule has 0 saturated carbocycles. The molecule has 2 rings (SSSR count). The molecule has 0 radical (unpaired) electrons. The summed E-state index contributed by atoms with van der Waals surface area (Å²) in [5.41, 5.74) is 8.57. The fourth-order valence-electron chi connectivity index (χ4n) is 2.53. The number of carboxylic acids is 1. The van der Waals surface area contributed by atoms with Gasteiger partial charge in [0.05, 0.1) is 11.9 Å². The zero-order chi connectivity index (χ0) is 22.8. The van der Waals surface area contributed by atoms with Crippen LogP contribution in [0, 0.1) is 6.92 Å². The average molecular weight is 440 g/mol. The van der Waals surface area contributed by atoms with Crippen LogP contribution in [0.15, 0.2) is 6.20 Å². The Balaban J connectivity index is 1.62. The second-order valence-corrected chi connectivity index (χ2v) is 6.83. The van der Waals surface area contributed by atoms with Crippen molar-refractivity contribution in [1.82, 2.24) is 25.4 Å². The van der Waals surface area contributed by atoms with E-state index in [9.17, 15) is 19.8 Å². The molecule has 2 aromatic heterocycles. The van der Waals surface area contributed by atoms with Gasteiger partial charge in [-0.3, -0.25) is 9.78 Å². The molecule has 31 heavy (non-hydrogen) atoms. The lowest BCUT2D eigenvalue weighted by atomic mass is 10.1. The van der Waals surface area contributed by atoms with Gasteiger partial charge in [0, 0.05) is 13.1 Å². The molecule has 0 aliphatic heterocycles. The van der Waals surface area contributed by atoms with E-state index >= 15 is 0 Å². The summed E-state index contributed by atoms with van der Waals surface area (Å²) >= 11 is 0. The van der Waals surface area contributed by atoms with E-state index in [0.717, 1.165) is 0 Å². The van der Waals surface area contributed by atoms with E-state index in [2.05, 4.69) is 36.0 Å². The number of rotatable bonds is 14. The number of hydrogen-bond donors (Lipinski definition) is 9. The summed E-state index contributed by atoms with van der Waals surface area (Å²) in [5.74, 6) is -1.32. The first-order chi connectivity index (χ1) is 14.8. The fourth-order valence-corrected chi connectivity index (χ4v) is 2.53. The lowest BCUT2D eigenvalue weighted by Crippen LogP contribution is -2.43. The second-order valence-electron chi connectivity index (χ2n) is 6.83. The van der Waals surface area contributed by atoms with Crippen LogP contribution in [0.25, 0.3) is 0 Å². The number of hydroxylamine groups is 1. The number of aliphatic carboxylic acids is 1. The van der Waals surface area contributed by atoms with Gasteiger partial charge in [-0.1, -0.05) is 0 Å². The number of nitrogens with two attached hydrogens (primary N) is 1. The first-order valence-corrected chi connectivity index (χ1v) is 9.68. The van der Waals surface area contributed by atoms with Crippen molar-refractivity contribution in [1.29, 1.82) is 0 Å². The number of hydrogen-bond acceptors (Lipinski definition) is 11. The van der Waals surface area contributed by atoms with Crippen LogP contribution in [0.2, 0.25) is 0 Å². The van der Waals surface area contributed by atoms with Gasteiger partial charge in [-0.25, -0.2) is 9.78 Å². The number of aromatic hydroxyl groups is 2. The Kier molecular flexibility index (Phi) is 8.90. The van der Waals surface area contributed by atoms with Gasteiger partial charge in [-0.05, 0) is 32.6 Å². The van der Waals surface area contributed by atoms with E-state index in [-0.39, 0.29) is 18.2 Å². The number of imidazole rings is 2. The Hall–Kier alpha value is -3.52. The predicted octanol–water partition coefficient (Wildman–Crippen LogP) is -0.235. The molecule has 0 aliphatic carbocycles. The third kappa shape index (κ3) is 8.02. The molecule has 0 aliphatic rings. The van der Waals surface area contributed by atoms with E-state index in [1.807, 2.05) is 0 Å². The Morgan fingerprint density at radius 1 is 1.16 bits per heavy atom. The first-order valence-electron chi connectivity index (χ1n) is 9.68. The maximum absolute atomic E-state index is 12.0. The van der Waals surface area contributed by atoms with Crippen LogP contribution >= 0.6 is 0 Å². The average Bonchev–Trinajstić information content (AvgIpc) is 3.28. The largest absolute Gasteiger partial charge is 0.493 e. The molecule has 14 nitrogen and oxygen atoms in total. The topological polar surface area (TPSA) is 224 Å². The first kappa shape index (κ1) is 23.8. The molecule has 10 N–H and O–H groups in total. The Morgan fingerprint density at radius 3 is 2.42 bits per heavy atom. The van der Waals surface area contributed by atoms with E-state index in [1.165, 1.54) is 6.20 Å². The highest BCUT2D eigenvalue weighted by atomic mass is 16.7. The van der Waals surface area contributed by atoms with Crippen molar-refractivity contribution in [3.8, 4) is 11.8 Å². The molecular formula is C17H28N8O6. The van der Waals surface area contributed by atoms with Crippen molar-refractivity contribution < 1.29 is 29.7 Å². The van der Waals surface area contributed by atoms with Crippen LogP contribution in [0.3, 0.4) is 0 Å². The number of nitrogens with one attached hydrogen (secondary N) is 5. The molecule has 0 aromatic carbocycles. The molecule has 172 valence electrons. The maximum Gasteiger partial charge on any atom is 0.341 e. The lowest BCUT2D eigenvalue weighted by molar-refractivity contribution is -0.159. The third-order valence-corrected chi connectivity index (χ3v) is 4.27. The third-order valence-electron chi connectivity index (χ3n) is 4.27. The van der Waals surface area contributed by atoms with E-state index in [4.69, 9.17) is 15.7 Å². The van der Waals surface area contributed by atoms with Crippen LogP contribution in [0.1, 0.15) is 31.4 Å². The number of carboxylic acid groups (broad SMARTS) is 1. The molecule has 0 amide bonds. The Bertz CT molecular complexity index is 834. The van der Waals surface area contributed by atoms with E-state index in [0.29, 0.717) is 49.9 Å². The number of H-pyrrole nitrogens is 2. The minimum absolute atomic E-state index is 0.0815. The van der Waals surface area contributed by atoms with Crippen molar-refractivity contribution in [2.45, 2.75) is 44.7 Å². The van der Waals surface area contributed by atoms with E-state index < -0.39 is 24.0 Å². The van der Waals surface area contributed by atoms with Gasteiger partial charge in [0.15, 0.2) is 0 Å². The van der Waals surface area contributed by atoms with Gasteiger partial charge in [-0.2, -0.15) is 4.98 Å². The molecular weight excluding hydrogens is 412 g/mol. The van der Waals surface area contributed by atoms with Crippen molar-refractivity contribution in [2.75, 3.05) is 23.7 Å². The van der Waals surface area contributed by atoms with Gasteiger partial charge < -0.3 is 41.5 Å². The highest BCUT2D eigenvalue weighted by molar-refractivity contribution is 5.76. The predicted molar refractivity (Wildman–Crippen MR) is 109 cm³/mol. The molecule has 0 saturated heterocycles. The van der Waals surface area contributed by atoms with Crippen molar-refractivity contribution in [3.63, 3.8) is 0 Å². The number of carbonyl (C=O) groups excluding carboxylic acids is 1. The van der Waals surface area contributed by atoms with Crippen LogP contribution in [-0.2, 0) is 14.4 Å². The molecule has 0 spiro atoms. The number of anilines is 2. The number of nitrogens with zero attached hydrogens (tertiary/aromatic N) is 2. The molecule has 14 heteroatoms. The fraction of sp³-hybridized carbons (Fsp3) is 0.529. The highest BCUT2D eigenvalue weighted by Crippen LogP contribution is 2.14. The molecule has 2 aromatic rings. The smallest absolute Gasteiger partial charge is 0.341 e. The number of aromatic amines is 2. The molecule has 2 atom stereocenters. The number of aromatic nitrogens is 4. The second kappa shape index (κ2) is 11.6. The SMILES string of the molecule is Cc1[nH]c(NCCCC(N)C(=O)ONC(CCCNc2ncc(O)[nH]2)C(=O)O)nc1O. The molecule has 0 bridgehead atoms. The zero-order valence-corrected chi connectivity index (χ0v) is 17.0. The Labute approximate surface area is 177 Å². The minimum Gasteiger partial charge on any atom is -0.493 e. The lowest BCUT2D eigenvalue weighted by Gasteiger charge is -2.16. The zero-order valence-electron chi connectivity index (χ0n) is 17.0. The standard InChI is InChI=1S/C17H28N8O6/c1-9-13(27)24-17(22-9)20-6-2-4-10(18)15(30)31-25-11(14(28)29)5-3-7-19-16-21-8-12(26)23-16/h8,10-11,25-27H,2-7,18H2,1H3,(H,28,29)(H2,19,21,23)(H2,20,22,24). The van der Waals surface area contributed by atoms with Crippen molar-refractivity contribution in [3.05, 3.63) is 11.9 Å². The van der Waals surface area contributed by atoms with Gasteiger partial charge >= 0.3 is 11.9 Å². The van der Waals surface area contributed by atoms with Crippen molar-refractivity contribution >= 4 is 23.8 Å². The number of carbonyl (C=O) groups is 2. The van der Waals surface area contributed by atoms with Crippen molar-refractivity contribution in [2.24, 2.45) is 5.73 Å². The summed E-state index contributed by atoms with van der Waals surface area (Å²) in [6, 6.07) is -2.02. The van der Waals surface area contributed by atoms with Crippen LogP contribution in [0.5, 0.6) is 11.8 Å².